The normalized spacial score (nSPS) is 15.0. The first kappa shape index (κ1) is 18.6. The number of hydrogen-bond donors (Lipinski definition) is 0. The van der Waals surface area contributed by atoms with Crippen LogP contribution in [0.25, 0.3) is 6.08 Å². The number of hydrogen-bond acceptors (Lipinski definition) is 3. The van der Waals surface area contributed by atoms with Crippen LogP contribution in [0.2, 0.25) is 0 Å². The first-order chi connectivity index (χ1) is 14.1. The van der Waals surface area contributed by atoms with Crippen molar-refractivity contribution in [2.24, 2.45) is 5.10 Å². The molecule has 1 heterocycles. The lowest BCUT2D eigenvalue weighted by atomic mass is 10.1. The van der Waals surface area contributed by atoms with Crippen LogP contribution in [0.4, 0.5) is 10.1 Å². The molecule has 0 radical (unpaired) electrons. The first-order valence-corrected chi connectivity index (χ1v) is 9.25. The maximum absolute atomic E-state index is 13.8. The molecule has 0 unspecified atom stereocenters. The maximum Gasteiger partial charge on any atom is 0.280 e. The van der Waals surface area contributed by atoms with Gasteiger partial charge in [0.05, 0.1) is 17.0 Å². The van der Waals surface area contributed by atoms with Gasteiger partial charge in [-0.1, -0.05) is 48.5 Å². The summed E-state index contributed by atoms with van der Waals surface area (Å²) in [4.78, 5) is 12.8. The summed E-state index contributed by atoms with van der Waals surface area (Å²) in [6, 6.07) is 23.2. The summed E-state index contributed by atoms with van der Waals surface area (Å²) in [5.41, 5.74) is 3.20. The van der Waals surface area contributed by atoms with Crippen molar-refractivity contribution in [2.45, 2.75) is 13.5 Å². The molecular formula is C24H19FN2O2. The number of halogens is 1. The molecule has 144 valence electrons. The third-order valence-corrected chi connectivity index (χ3v) is 4.58. The van der Waals surface area contributed by atoms with Gasteiger partial charge in [-0.15, -0.1) is 0 Å². The largest absolute Gasteiger partial charge is 0.489 e. The van der Waals surface area contributed by atoms with Gasteiger partial charge < -0.3 is 4.74 Å². The molecule has 3 aromatic rings. The van der Waals surface area contributed by atoms with Crippen molar-refractivity contribution in [3.8, 4) is 5.75 Å². The summed E-state index contributed by atoms with van der Waals surface area (Å²) in [5.74, 6) is 0.129. The Hall–Kier alpha value is -3.73. The van der Waals surface area contributed by atoms with E-state index >= 15 is 0 Å². The molecular weight excluding hydrogens is 367 g/mol. The minimum Gasteiger partial charge on any atom is -0.489 e. The summed E-state index contributed by atoms with van der Waals surface area (Å²) >= 11 is 0. The molecule has 0 N–H and O–H groups in total. The fraction of sp³-hybridized carbons (Fsp3) is 0.0833. The van der Waals surface area contributed by atoms with E-state index in [-0.39, 0.29) is 18.3 Å². The molecule has 3 aromatic carbocycles. The highest BCUT2D eigenvalue weighted by molar-refractivity contribution is 6.32. The number of anilines is 1. The van der Waals surface area contributed by atoms with E-state index < -0.39 is 0 Å². The summed E-state index contributed by atoms with van der Waals surface area (Å²) < 4.78 is 19.5. The van der Waals surface area contributed by atoms with Crippen LogP contribution in [-0.2, 0) is 11.4 Å². The zero-order chi connectivity index (χ0) is 20.2. The summed E-state index contributed by atoms with van der Waals surface area (Å²) in [5, 5.41) is 5.79. The standard InChI is InChI=1S/C24H19FN2O2/c1-17-22(24(28)27(26-17)20-10-3-2-4-11-20)15-18-8-7-12-21(14-18)29-16-19-9-5-6-13-23(19)25/h2-15H,16H2,1H3/b22-15-. The molecule has 1 amide bonds. The van der Waals surface area contributed by atoms with Crippen molar-refractivity contribution >= 4 is 23.4 Å². The Balaban J connectivity index is 1.53. The zero-order valence-electron chi connectivity index (χ0n) is 15.9. The van der Waals surface area contributed by atoms with Crippen LogP contribution in [-0.4, -0.2) is 11.6 Å². The summed E-state index contributed by atoms with van der Waals surface area (Å²) in [6.07, 6.45) is 1.79. The molecule has 0 saturated carbocycles. The van der Waals surface area contributed by atoms with E-state index in [2.05, 4.69) is 5.10 Å². The number of rotatable bonds is 5. The second kappa shape index (κ2) is 8.10. The number of nitrogens with zero attached hydrogens (tertiary/aromatic N) is 2. The highest BCUT2D eigenvalue weighted by atomic mass is 19.1. The molecule has 0 atom stereocenters. The van der Waals surface area contributed by atoms with Crippen molar-refractivity contribution in [3.05, 3.63) is 101 Å². The average molecular weight is 386 g/mol. The fourth-order valence-corrected chi connectivity index (χ4v) is 3.07. The number of carbonyl (C=O) groups is 1. The van der Waals surface area contributed by atoms with Gasteiger partial charge in [0.1, 0.15) is 18.2 Å². The molecule has 0 bridgehead atoms. The molecule has 4 rings (SSSR count). The molecule has 4 nitrogen and oxygen atoms in total. The van der Waals surface area contributed by atoms with Gasteiger partial charge in [-0.25, -0.2) is 4.39 Å². The summed E-state index contributed by atoms with van der Waals surface area (Å²) in [6.45, 7) is 1.94. The molecule has 5 heteroatoms. The van der Waals surface area contributed by atoms with Gasteiger partial charge in [-0.2, -0.15) is 10.1 Å². The molecule has 0 fully saturated rings. The van der Waals surface area contributed by atoms with Gasteiger partial charge in [0.2, 0.25) is 0 Å². The maximum atomic E-state index is 13.8. The monoisotopic (exact) mass is 386 g/mol. The van der Waals surface area contributed by atoms with E-state index in [1.54, 1.807) is 30.3 Å². The number of ether oxygens (including phenoxy) is 1. The highest BCUT2D eigenvalue weighted by Gasteiger charge is 2.28. The van der Waals surface area contributed by atoms with Crippen LogP contribution in [0.3, 0.4) is 0 Å². The second-order valence-corrected chi connectivity index (χ2v) is 6.65. The van der Waals surface area contributed by atoms with Gasteiger partial charge in [-0.05, 0) is 48.9 Å². The van der Waals surface area contributed by atoms with E-state index in [1.807, 2.05) is 55.5 Å². The highest BCUT2D eigenvalue weighted by Crippen LogP contribution is 2.25. The molecule has 0 saturated heterocycles. The lowest BCUT2D eigenvalue weighted by Gasteiger charge is -2.11. The Kier molecular flexibility index (Phi) is 5.20. The van der Waals surface area contributed by atoms with E-state index in [0.29, 0.717) is 22.6 Å². The van der Waals surface area contributed by atoms with Gasteiger partial charge in [0.25, 0.3) is 5.91 Å². The third-order valence-electron chi connectivity index (χ3n) is 4.58. The predicted octanol–water partition coefficient (Wildman–Crippen LogP) is 5.21. The van der Waals surface area contributed by atoms with Gasteiger partial charge >= 0.3 is 0 Å². The Bertz CT molecular complexity index is 1110. The minimum absolute atomic E-state index is 0.133. The van der Waals surface area contributed by atoms with Crippen LogP contribution >= 0.6 is 0 Å². The number of amides is 1. The Morgan fingerprint density at radius 2 is 1.76 bits per heavy atom. The van der Waals surface area contributed by atoms with Gasteiger partial charge in [0.15, 0.2) is 0 Å². The number of hydrazone groups is 1. The average Bonchev–Trinajstić information content (AvgIpc) is 3.02. The second-order valence-electron chi connectivity index (χ2n) is 6.65. The molecule has 1 aliphatic rings. The zero-order valence-corrected chi connectivity index (χ0v) is 15.9. The lowest BCUT2D eigenvalue weighted by Crippen LogP contribution is -2.21. The Morgan fingerprint density at radius 3 is 2.55 bits per heavy atom. The number of para-hydroxylation sites is 1. The smallest absolute Gasteiger partial charge is 0.280 e. The van der Waals surface area contributed by atoms with Crippen molar-refractivity contribution in [2.75, 3.05) is 5.01 Å². The molecule has 0 spiro atoms. The van der Waals surface area contributed by atoms with Crippen molar-refractivity contribution in [3.63, 3.8) is 0 Å². The molecule has 29 heavy (non-hydrogen) atoms. The topological polar surface area (TPSA) is 41.9 Å². The van der Waals surface area contributed by atoms with E-state index in [4.69, 9.17) is 4.74 Å². The van der Waals surface area contributed by atoms with Gasteiger partial charge in [-0.3, -0.25) is 4.79 Å². The molecule has 0 aromatic heterocycles. The minimum atomic E-state index is -0.296. The van der Waals surface area contributed by atoms with E-state index in [1.165, 1.54) is 11.1 Å². The number of benzene rings is 3. The van der Waals surface area contributed by atoms with Crippen molar-refractivity contribution in [1.29, 1.82) is 0 Å². The number of carbonyl (C=O) groups excluding carboxylic acids is 1. The van der Waals surface area contributed by atoms with Crippen LogP contribution < -0.4 is 9.75 Å². The van der Waals surface area contributed by atoms with Crippen molar-refractivity contribution in [1.82, 2.24) is 0 Å². The fourth-order valence-electron chi connectivity index (χ4n) is 3.07. The Labute approximate surface area is 168 Å². The van der Waals surface area contributed by atoms with E-state index in [9.17, 15) is 9.18 Å². The molecule has 1 aliphatic heterocycles. The quantitative estimate of drug-likeness (QED) is 0.565. The summed E-state index contributed by atoms with van der Waals surface area (Å²) in [7, 11) is 0. The van der Waals surface area contributed by atoms with E-state index in [0.717, 1.165) is 11.3 Å². The predicted molar refractivity (Wildman–Crippen MR) is 112 cm³/mol. The van der Waals surface area contributed by atoms with Crippen LogP contribution in [0, 0.1) is 5.82 Å². The SMILES string of the molecule is CC1=NN(c2ccccc2)C(=O)/C1=C\c1cccc(OCc2ccccc2F)c1. The lowest BCUT2D eigenvalue weighted by molar-refractivity contribution is -0.114. The first-order valence-electron chi connectivity index (χ1n) is 9.25. The molecule has 0 aliphatic carbocycles. The van der Waals surface area contributed by atoms with Gasteiger partial charge in [0, 0.05) is 5.56 Å². The van der Waals surface area contributed by atoms with Crippen LogP contribution in [0.5, 0.6) is 5.75 Å². The Morgan fingerprint density at radius 1 is 1.00 bits per heavy atom. The third kappa shape index (κ3) is 4.09. The van der Waals surface area contributed by atoms with Crippen LogP contribution in [0.15, 0.2) is 89.5 Å². The van der Waals surface area contributed by atoms with Crippen molar-refractivity contribution < 1.29 is 13.9 Å². The van der Waals surface area contributed by atoms with Crippen LogP contribution in [0.1, 0.15) is 18.1 Å².